The first-order chi connectivity index (χ1) is 58.9. The van der Waals surface area contributed by atoms with Gasteiger partial charge in [0.05, 0.1) is 17.5 Å². The van der Waals surface area contributed by atoms with Crippen LogP contribution in [0.15, 0.2) is 367 Å². The third-order valence-electron chi connectivity index (χ3n) is 22.1. The van der Waals surface area contributed by atoms with E-state index in [-0.39, 0.29) is 67.1 Å². The summed E-state index contributed by atoms with van der Waals surface area (Å²) in [5, 5.41) is 10.2. The molecule has 23 aromatic rings. The van der Waals surface area contributed by atoms with Crippen LogP contribution in [0, 0.1) is 48.5 Å². The number of hydrogen-bond acceptors (Lipinski definition) is 9. The number of furan rings is 1. The van der Waals surface area contributed by atoms with Gasteiger partial charge in [-0.2, -0.15) is 119 Å². The Morgan fingerprint density at radius 2 is 1.11 bits per heavy atom. The molecule has 0 aliphatic carbocycles. The number of aryl methyl sites for hydroxylation is 1. The average molecular weight is 1860 g/mol. The molecule has 0 N–H and O–H groups in total. The molecule has 0 unspecified atom stereocenters. The van der Waals surface area contributed by atoms with Crippen molar-refractivity contribution in [1.29, 1.82) is 0 Å². The van der Waals surface area contributed by atoms with E-state index < -0.39 is 0 Å². The van der Waals surface area contributed by atoms with Crippen LogP contribution in [0.2, 0.25) is 0 Å². The van der Waals surface area contributed by atoms with Crippen molar-refractivity contribution in [2.45, 2.75) is 6.42 Å². The van der Waals surface area contributed by atoms with Crippen molar-refractivity contribution in [3.8, 4) is 51.6 Å². The largest absolute Gasteiger partial charge is 0.451 e. The van der Waals surface area contributed by atoms with Gasteiger partial charge in [-0.05, 0) is 89.4 Å². The summed E-state index contributed by atoms with van der Waals surface area (Å²) in [6.45, 7) is 0.588. The summed E-state index contributed by atoms with van der Waals surface area (Å²) in [6.07, 6.45) is 13.3. The fraction of sp³-hybridized carbons (Fsp3) is 0.0288. The molecule has 24 rings (SSSR count). The van der Waals surface area contributed by atoms with Crippen LogP contribution in [0.5, 0.6) is 11.5 Å². The number of nitrogens with zero attached hydrogens (tertiary/aromatic N) is 12. The summed E-state index contributed by atoms with van der Waals surface area (Å²) >= 11 is 0. The third kappa shape index (κ3) is 14.0. The third-order valence-corrected chi connectivity index (χ3v) is 22.1. The van der Waals surface area contributed by atoms with Gasteiger partial charge < -0.3 is 50.8 Å². The Hall–Kier alpha value is -13.9. The van der Waals surface area contributed by atoms with Gasteiger partial charge in [0, 0.05) is 126 Å². The molecule has 0 spiro atoms. The summed E-state index contributed by atoms with van der Waals surface area (Å²) in [6, 6.07) is 133. The molecule has 18 heteroatoms. The molecule has 0 saturated heterocycles. The van der Waals surface area contributed by atoms with Crippen molar-refractivity contribution in [2.75, 3.05) is 16.3 Å². The summed E-state index contributed by atoms with van der Waals surface area (Å²) in [4.78, 5) is 24.3. The first kappa shape index (κ1) is 78.0. The van der Waals surface area contributed by atoms with E-state index in [0.29, 0.717) is 35.4 Å². The number of para-hydroxylation sites is 8. The number of pyridine rings is 2. The van der Waals surface area contributed by atoms with Crippen LogP contribution >= 0.6 is 0 Å². The Morgan fingerprint density at radius 1 is 0.451 bits per heavy atom. The van der Waals surface area contributed by atoms with E-state index in [9.17, 15) is 0 Å². The number of ether oxygens (including phenoxy) is 1. The van der Waals surface area contributed by atoms with Crippen molar-refractivity contribution in [1.82, 2.24) is 47.3 Å². The van der Waals surface area contributed by atoms with Gasteiger partial charge in [0.15, 0.2) is 17.3 Å². The van der Waals surface area contributed by atoms with Gasteiger partial charge in [-0.25, -0.2) is 15.0 Å². The summed E-state index contributed by atoms with van der Waals surface area (Å²) < 4.78 is 30.8. The Labute approximate surface area is 748 Å². The first-order valence-corrected chi connectivity index (χ1v) is 39.3. The number of oxazole rings is 1. The fourth-order valence-electron chi connectivity index (χ4n) is 16.6. The van der Waals surface area contributed by atoms with E-state index in [0.717, 1.165) is 146 Å². The minimum absolute atomic E-state index is 0. The average Bonchev–Trinajstić information content (AvgIpc) is 1.48. The number of fused-ring (bicyclic) bond motifs is 14. The van der Waals surface area contributed by atoms with Crippen molar-refractivity contribution in [3.05, 3.63) is 418 Å². The quantitative estimate of drug-likeness (QED) is 0.0773. The SMILES string of the molecule is Cn1ccnc1-n1ccc2ccc(-n3c4ccccc4c4ccc(-n5c6[c-]cccc6c6ccccc65)nc43)[c-]c21.[Ag].[Ag].[Ag].[c-]1c(-c2cccc3ccc[c-]c23)cccc1N1c2ccccc2Oc2ccc(-n3c4[c-]cccc4c4ccccc43)nc21.[c-]1ccccc1C[C-](CN(c1ccccc1)c1nc2c(-n3[c-]ccc3)coc2o1)c1ccccc1. The maximum absolute atomic E-state index is 6.41. The minimum atomic E-state index is 0. The number of rotatable bonds is 14. The molecule has 0 amide bonds. The second kappa shape index (κ2) is 33.4. The van der Waals surface area contributed by atoms with Gasteiger partial charge in [0.1, 0.15) is 22.8 Å². The zero-order valence-electron chi connectivity index (χ0n) is 65.0. The molecule has 1 aliphatic rings. The van der Waals surface area contributed by atoms with E-state index in [2.05, 4.69) is 282 Å². The molecule has 1 aliphatic heterocycles. The van der Waals surface area contributed by atoms with Crippen molar-refractivity contribution >= 4 is 127 Å². The van der Waals surface area contributed by atoms with Gasteiger partial charge in [0.2, 0.25) is 5.95 Å². The molecule has 0 saturated carbocycles. The van der Waals surface area contributed by atoms with E-state index in [1.54, 1.807) is 6.26 Å². The van der Waals surface area contributed by atoms with Crippen molar-refractivity contribution in [2.24, 2.45) is 7.05 Å². The number of hydrogen-bond donors (Lipinski definition) is 0. The van der Waals surface area contributed by atoms with Crippen molar-refractivity contribution in [3.63, 3.8) is 0 Å². The Kier molecular flexibility index (Phi) is 21.3. The van der Waals surface area contributed by atoms with Crippen LogP contribution in [-0.4, -0.2) is 53.9 Å². The Bertz CT molecular complexity index is 7630. The molecular formula is C104H66Ag3N12O3-8. The number of anilines is 5. The maximum Gasteiger partial charge on any atom is 0.310 e. The maximum atomic E-state index is 6.41. The normalized spacial score (nSPS) is 11.6. The number of aromatic nitrogens is 10. The van der Waals surface area contributed by atoms with Crippen LogP contribution in [0.4, 0.5) is 28.9 Å². The predicted octanol–water partition coefficient (Wildman–Crippen LogP) is 24.3. The summed E-state index contributed by atoms with van der Waals surface area (Å²) in [5.74, 6) is 6.26. The molecule has 0 bridgehead atoms. The molecule has 13 aromatic carbocycles. The minimum Gasteiger partial charge on any atom is -0.451 e. The topological polar surface area (TPSA) is 123 Å². The molecule has 15 nitrogen and oxygen atoms in total. The van der Waals surface area contributed by atoms with Crippen molar-refractivity contribution < 1.29 is 80.7 Å². The molecule has 601 valence electrons. The molecule has 122 heavy (non-hydrogen) atoms. The molecule has 3 radical (unpaired) electrons. The molecule has 0 atom stereocenters. The van der Waals surface area contributed by atoms with Crippen LogP contribution in [0.3, 0.4) is 0 Å². The standard InChI is InChI=1S/C39H22N3O.C35H22N6.C30H22N3O2.3Ag/c1-2-15-29-26(11-1)12-10-18-30(29)27-13-9-14-28(25-27)41-35-21-7-8-22-36(35)43-37-23-24-38(40-39(37)41)42-33-19-5-3-16-31(33)32-17-4-6-20-34(32)42;1-38-21-19-36-35(38)39-20-18-23-14-15-24(22-32(23)39)40-29-11-5-4-10-27(29)28-16-17-33(37-34(28)40)41-30-12-6-2-8-25(30)26-9-3-7-13-31(26)41;1-4-12-23(13-5-1)20-25(24-14-6-2-7-15-24)21-33(26-16-8-3-9-17-26)30-31-28-27(22-34-29(28)35-30)32-18-10-11-19-32;;;/h1-14,16-19,21-24H;2-12,14-21H,1H3;1-12,14-18,22H,20-21H2;;;/q-3;-2;-3;;;. The number of benzene rings is 13. The van der Waals surface area contributed by atoms with E-state index >= 15 is 0 Å². The van der Waals surface area contributed by atoms with Gasteiger partial charge >= 0.3 is 11.8 Å². The summed E-state index contributed by atoms with van der Waals surface area (Å²) in [7, 11) is 2.00. The molecule has 0 fully saturated rings. The molecule has 10 aromatic heterocycles. The zero-order valence-corrected chi connectivity index (χ0v) is 69.4. The monoisotopic (exact) mass is 1850 g/mol. The molecule has 11 heterocycles. The van der Waals surface area contributed by atoms with Crippen LogP contribution in [0.1, 0.15) is 11.1 Å². The number of imidazole rings is 1. The van der Waals surface area contributed by atoms with Gasteiger partial charge in [-0.3, -0.25) is 0 Å². The Balaban J connectivity index is 0.000000120. The van der Waals surface area contributed by atoms with Crippen LogP contribution in [0.25, 0.3) is 139 Å². The van der Waals surface area contributed by atoms with Crippen LogP contribution in [-0.2, 0) is 80.6 Å². The Morgan fingerprint density at radius 3 is 1.84 bits per heavy atom. The van der Waals surface area contributed by atoms with Gasteiger partial charge in [-0.1, -0.05) is 150 Å². The predicted molar refractivity (Wildman–Crippen MR) is 473 cm³/mol. The summed E-state index contributed by atoms with van der Waals surface area (Å²) in [5.41, 5.74) is 16.7. The van der Waals surface area contributed by atoms with Crippen LogP contribution < -0.4 is 14.5 Å². The van der Waals surface area contributed by atoms with Gasteiger partial charge in [0.25, 0.3) is 0 Å². The second-order valence-corrected chi connectivity index (χ2v) is 29.1. The first-order valence-electron chi connectivity index (χ1n) is 39.3. The van der Waals surface area contributed by atoms with E-state index in [4.69, 9.17) is 28.5 Å². The smallest absolute Gasteiger partial charge is 0.310 e. The van der Waals surface area contributed by atoms with E-state index in [1.807, 2.05) is 162 Å². The second-order valence-electron chi connectivity index (χ2n) is 29.1. The van der Waals surface area contributed by atoms with E-state index in [1.165, 1.54) is 27.6 Å². The molecular weight excluding hydrogens is 1790 g/mol. The fourth-order valence-corrected chi connectivity index (χ4v) is 16.6. The van der Waals surface area contributed by atoms with Gasteiger partial charge in [-0.15, -0.1) is 129 Å². The zero-order chi connectivity index (χ0) is 78.9.